The molecule has 60 valence electrons. The zero-order valence-electron chi connectivity index (χ0n) is 7.01. The molecular formula is C8H18N2. The Bertz CT molecular complexity index is 103. The van der Waals surface area contributed by atoms with Gasteiger partial charge in [0.2, 0.25) is 0 Å². The minimum atomic E-state index is 0.674. The highest BCUT2D eigenvalue weighted by molar-refractivity contribution is 4.80. The normalized spacial score (nSPS) is 30.9. The lowest BCUT2D eigenvalue weighted by molar-refractivity contribution is 0.242. The van der Waals surface area contributed by atoms with Crippen LogP contribution < -0.4 is 5.73 Å². The number of nitrogens with zero attached hydrogens (tertiary/aromatic N) is 1. The van der Waals surface area contributed by atoms with Crippen LogP contribution in [0.3, 0.4) is 0 Å². The van der Waals surface area contributed by atoms with Crippen LogP contribution >= 0.6 is 0 Å². The second-order valence-electron chi connectivity index (χ2n) is 3.40. The molecule has 0 saturated carbocycles. The van der Waals surface area contributed by atoms with Gasteiger partial charge < -0.3 is 10.6 Å². The first-order valence-corrected chi connectivity index (χ1v) is 4.16. The third-order valence-corrected chi connectivity index (χ3v) is 2.61. The molecule has 0 spiro atoms. The maximum Gasteiger partial charge on any atom is 0.0130 e. The van der Waals surface area contributed by atoms with E-state index in [0.717, 1.165) is 12.6 Å². The number of hydrogen-bond acceptors (Lipinski definition) is 2. The molecule has 0 unspecified atom stereocenters. The van der Waals surface area contributed by atoms with E-state index >= 15 is 0 Å². The standard InChI is InChI=1S/C8H18N2/c1-7(6-9)8-4-3-5-10(8)2/h7-8H,3-6,9H2,1-2H3/t7-,8-/m0/s1. The molecule has 2 nitrogen and oxygen atoms in total. The molecule has 1 rings (SSSR count). The van der Waals surface area contributed by atoms with Gasteiger partial charge in [-0.05, 0) is 38.9 Å². The van der Waals surface area contributed by atoms with Gasteiger partial charge in [0.05, 0.1) is 0 Å². The summed E-state index contributed by atoms with van der Waals surface area (Å²) in [5.41, 5.74) is 5.59. The fourth-order valence-electron chi connectivity index (χ4n) is 1.81. The van der Waals surface area contributed by atoms with Gasteiger partial charge in [-0.3, -0.25) is 0 Å². The zero-order chi connectivity index (χ0) is 7.56. The first-order chi connectivity index (χ1) is 4.75. The molecular weight excluding hydrogens is 124 g/mol. The van der Waals surface area contributed by atoms with Crippen molar-refractivity contribution in [2.45, 2.75) is 25.8 Å². The van der Waals surface area contributed by atoms with Crippen LogP contribution in [-0.2, 0) is 0 Å². The Labute approximate surface area is 63.4 Å². The van der Waals surface area contributed by atoms with Crippen molar-refractivity contribution in [1.29, 1.82) is 0 Å². The highest BCUT2D eigenvalue weighted by Crippen LogP contribution is 2.20. The van der Waals surface area contributed by atoms with Gasteiger partial charge in [-0.15, -0.1) is 0 Å². The summed E-state index contributed by atoms with van der Waals surface area (Å²) >= 11 is 0. The lowest BCUT2D eigenvalue weighted by atomic mass is 10.0. The number of hydrogen-bond donors (Lipinski definition) is 1. The van der Waals surface area contributed by atoms with Crippen LogP contribution in [0, 0.1) is 5.92 Å². The van der Waals surface area contributed by atoms with E-state index in [0.29, 0.717) is 5.92 Å². The van der Waals surface area contributed by atoms with Gasteiger partial charge >= 0.3 is 0 Å². The van der Waals surface area contributed by atoms with Crippen molar-refractivity contribution in [1.82, 2.24) is 4.90 Å². The molecule has 2 heteroatoms. The fraction of sp³-hybridized carbons (Fsp3) is 1.00. The molecule has 0 radical (unpaired) electrons. The highest BCUT2D eigenvalue weighted by atomic mass is 15.1. The van der Waals surface area contributed by atoms with E-state index in [1.165, 1.54) is 19.4 Å². The quantitative estimate of drug-likeness (QED) is 0.614. The maximum atomic E-state index is 5.59. The predicted octanol–water partition coefficient (Wildman–Crippen LogP) is 0.675. The molecule has 10 heavy (non-hydrogen) atoms. The molecule has 2 atom stereocenters. The minimum Gasteiger partial charge on any atom is -0.330 e. The summed E-state index contributed by atoms with van der Waals surface area (Å²) in [7, 11) is 2.20. The van der Waals surface area contributed by atoms with Gasteiger partial charge in [-0.2, -0.15) is 0 Å². The largest absolute Gasteiger partial charge is 0.330 e. The Kier molecular flexibility index (Phi) is 2.69. The lowest BCUT2D eigenvalue weighted by Gasteiger charge is -2.24. The van der Waals surface area contributed by atoms with Crippen molar-refractivity contribution in [3.63, 3.8) is 0 Å². The fourth-order valence-corrected chi connectivity index (χ4v) is 1.81. The lowest BCUT2D eigenvalue weighted by Crippen LogP contribution is -2.34. The van der Waals surface area contributed by atoms with E-state index in [2.05, 4.69) is 18.9 Å². The Morgan fingerprint density at radius 2 is 2.40 bits per heavy atom. The molecule has 1 heterocycles. The SMILES string of the molecule is C[C@@H](CN)[C@@H]1CCCN1C. The molecule has 0 aromatic rings. The van der Waals surface area contributed by atoms with E-state index in [1.807, 2.05) is 0 Å². The second kappa shape index (κ2) is 3.35. The smallest absolute Gasteiger partial charge is 0.0130 e. The van der Waals surface area contributed by atoms with Crippen LogP contribution in [0.4, 0.5) is 0 Å². The van der Waals surface area contributed by atoms with Gasteiger partial charge in [0.25, 0.3) is 0 Å². The molecule has 2 N–H and O–H groups in total. The van der Waals surface area contributed by atoms with Crippen LogP contribution in [0.15, 0.2) is 0 Å². The first-order valence-electron chi connectivity index (χ1n) is 4.16. The van der Waals surface area contributed by atoms with Crippen molar-refractivity contribution in [3.8, 4) is 0 Å². The van der Waals surface area contributed by atoms with Gasteiger partial charge in [0.1, 0.15) is 0 Å². The number of rotatable bonds is 2. The van der Waals surface area contributed by atoms with Crippen molar-refractivity contribution in [2.75, 3.05) is 20.1 Å². The maximum absolute atomic E-state index is 5.59. The highest BCUT2D eigenvalue weighted by Gasteiger charge is 2.24. The van der Waals surface area contributed by atoms with Gasteiger partial charge in [-0.1, -0.05) is 6.92 Å². The van der Waals surface area contributed by atoms with Crippen molar-refractivity contribution in [2.24, 2.45) is 11.7 Å². The van der Waals surface area contributed by atoms with Crippen LogP contribution in [0.1, 0.15) is 19.8 Å². The topological polar surface area (TPSA) is 29.3 Å². The molecule has 1 aliphatic heterocycles. The van der Waals surface area contributed by atoms with Gasteiger partial charge in [-0.25, -0.2) is 0 Å². The molecule has 0 aromatic heterocycles. The average molecular weight is 142 g/mol. The Hall–Kier alpha value is -0.0800. The van der Waals surface area contributed by atoms with E-state index in [9.17, 15) is 0 Å². The van der Waals surface area contributed by atoms with E-state index in [-0.39, 0.29) is 0 Å². The van der Waals surface area contributed by atoms with Crippen LogP contribution in [0.25, 0.3) is 0 Å². The minimum absolute atomic E-state index is 0.674. The predicted molar refractivity (Wildman–Crippen MR) is 43.9 cm³/mol. The van der Waals surface area contributed by atoms with Crippen molar-refractivity contribution >= 4 is 0 Å². The third-order valence-electron chi connectivity index (χ3n) is 2.61. The van der Waals surface area contributed by atoms with E-state index in [1.54, 1.807) is 0 Å². The number of nitrogens with two attached hydrogens (primary N) is 1. The Morgan fingerprint density at radius 1 is 1.70 bits per heavy atom. The molecule has 0 aromatic carbocycles. The summed E-state index contributed by atoms with van der Waals surface area (Å²) in [5.74, 6) is 0.674. The Balaban J connectivity index is 2.38. The summed E-state index contributed by atoms with van der Waals surface area (Å²) < 4.78 is 0. The van der Waals surface area contributed by atoms with Crippen LogP contribution in [-0.4, -0.2) is 31.1 Å². The zero-order valence-corrected chi connectivity index (χ0v) is 7.01. The van der Waals surface area contributed by atoms with Crippen molar-refractivity contribution in [3.05, 3.63) is 0 Å². The summed E-state index contributed by atoms with van der Waals surface area (Å²) in [6.07, 6.45) is 2.69. The molecule has 0 aliphatic carbocycles. The summed E-state index contributed by atoms with van der Waals surface area (Å²) in [6, 6.07) is 0.755. The molecule has 0 amide bonds. The molecule has 1 fully saturated rings. The average Bonchev–Trinajstić information content (AvgIpc) is 2.34. The molecule has 0 bridgehead atoms. The second-order valence-corrected chi connectivity index (χ2v) is 3.40. The van der Waals surface area contributed by atoms with Gasteiger partial charge in [0, 0.05) is 6.04 Å². The van der Waals surface area contributed by atoms with Crippen LogP contribution in [0.5, 0.6) is 0 Å². The summed E-state index contributed by atoms with van der Waals surface area (Å²) in [6.45, 7) is 4.33. The summed E-state index contributed by atoms with van der Waals surface area (Å²) in [5, 5.41) is 0. The summed E-state index contributed by atoms with van der Waals surface area (Å²) in [4.78, 5) is 2.43. The van der Waals surface area contributed by atoms with Gasteiger partial charge in [0.15, 0.2) is 0 Å². The Morgan fingerprint density at radius 3 is 2.80 bits per heavy atom. The van der Waals surface area contributed by atoms with E-state index < -0.39 is 0 Å². The van der Waals surface area contributed by atoms with Crippen LogP contribution in [0.2, 0.25) is 0 Å². The monoisotopic (exact) mass is 142 g/mol. The first kappa shape index (κ1) is 8.02. The molecule has 1 saturated heterocycles. The van der Waals surface area contributed by atoms with E-state index in [4.69, 9.17) is 5.73 Å². The van der Waals surface area contributed by atoms with Crippen molar-refractivity contribution < 1.29 is 0 Å². The molecule has 1 aliphatic rings. The third kappa shape index (κ3) is 1.50. The number of likely N-dealkylation sites (tertiary alicyclic amines) is 1.